The zero-order valence-electron chi connectivity index (χ0n) is 13.1. The molecule has 0 spiro atoms. The molecule has 0 radical (unpaired) electrons. The summed E-state index contributed by atoms with van der Waals surface area (Å²) >= 11 is 1.77. The van der Waals surface area contributed by atoms with Gasteiger partial charge in [-0.15, -0.1) is 11.3 Å². The maximum atomic E-state index is 4.76. The van der Waals surface area contributed by atoms with E-state index in [1.165, 1.54) is 15.8 Å². The summed E-state index contributed by atoms with van der Waals surface area (Å²) in [6.07, 6.45) is 0. The van der Waals surface area contributed by atoms with E-state index in [1.54, 1.807) is 11.3 Å². The smallest absolute Gasteiger partial charge is 0.146 e. The van der Waals surface area contributed by atoms with Gasteiger partial charge in [-0.1, -0.05) is 13.8 Å². The topological polar surface area (TPSA) is 41.1 Å². The predicted molar refractivity (Wildman–Crippen MR) is 87.7 cm³/mol. The van der Waals surface area contributed by atoms with Crippen molar-refractivity contribution in [3.8, 4) is 0 Å². The molecule has 1 N–H and O–H groups in total. The molecule has 0 aliphatic heterocycles. The second-order valence-corrected chi connectivity index (χ2v) is 6.15. The lowest BCUT2D eigenvalue weighted by atomic mass is 10.2. The molecular formula is C15H24N4S. The third-order valence-electron chi connectivity index (χ3n) is 3.68. The van der Waals surface area contributed by atoms with Gasteiger partial charge in [-0.2, -0.15) is 0 Å². The molecule has 0 aliphatic rings. The van der Waals surface area contributed by atoms with Crippen molar-refractivity contribution in [2.45, 2.75) is 41.2 Å². The lowest BCUT2D eigenvalue weighted by molar-refractivity contribution is 0.289. The maximum absolute atomic E-state index is 4.76. The van der Waals surface area contributed by atoms with E-state index in [2.05, 4.69) is 44.8 Å². The van der Waals surface area contributed by atoms with Crippen LogP contribution in [0.1, 0.15) is 37.0 Å². The third kappa shape index (κ3) is 2.94. The van der Waals surface area contributed by atoms with E-state index in [9.17, 15) is 0 Å². The summed E-state index contributed by atoms with van der Waals surface area (Å²) < 4.78 is 0. The minimum atomic E-state index is 0.817. The number of nitrogens with zero attached hydrogens (tertiary/aromatic N) is 3. The van der Waals surface area contributed by atoms with E-state index in [1.807, 2.05) is 0 Å². The summed E-state index contributed by atoms with van der Waals surface area (Å²) in [4.78, 5) is 14.3. The van der Waals surface area contributed by atoms with Crippen molar-refractivity contribution in [1.82, 2.24) is 14.9 Å². The van der Waals surface area contributed by atoms with Gasteiger partial charge in [-0.05, 0) is 39.4 Å². The van der Waals surface area contributed by atoms with Gasteiger partial charge in [0.05, 0.1) is 11.9 Å². The first-order chi connectivity index (χ1) is 9.60. The number of hydrogen-bond donors (Lipinski definition) is 1. The average Bonchev–Trinajstić information content (AvgIpc) is 2.72. The maximum Gasteiger partial charge on any atom is 0.146 e. The minimum absolute atomic E-state index is 0.817. The summed E-state index contributed by atoms with van der Waals surface area (Å²) in [5.41, 5.74) is 1.30. The Morgan fingerprint density at radius 2 is 1.80 bits per heavy atom. The molecule has 0 atom stereocenters. The molecule has 20 heavy (non-hydrogen) atoms. The number of aromatic nitrogens is 2. The summed E-state index contributed by atoms with van der Waals surface area (Å²) in [6.45, 7) is 14.5. The Morgan fingerprint density at radius 3 is 2.40 bits per heavy atom. The zero-order valence-corrected chi connectivity index (χ0v) is 13.9. The first-order valence-corrected chi connectivity index (χ1v) is 8.15. The second-order valence-electron chi connectivity index (χ2n) is 4.94. The monoisotopic (exact) mass is 292 g/mol. The molecule has 5 heteroatoms. The highest BCUT2D eigenvalue weighted by molar-refractivity contribution is 7.18. The van der Waals surface area contributed by atoms with Crippen LogP contribution in [0.2, 0.25) is 0 Å². The average molecular weight is 292 g/mol. The number of hydrogen-bond acceptors (Lipinski definition) is 5. The number of nitrogens with one attached hydrogen (secondary N) is 1. The fourth-order valence-corrected chi connectivity index (χ4v) is 3.36. The fourth-order valence-electron chi connectivity index (χ4n) is 2.31. The number of anilines is 1. The number of aryl methyl sites for hydroxylation is 2. The van der Waals surface area contributed by atoms with Gasteiger partial charge in [-0.3, -0.25) is 4.90 Å². The van der Waals surface area contributed by atoms with Crippen LogP contribution in [0.3, 0.4) is 0 Å². The first kappa shape index (κ1) is 15.2. The van der Waals surface area contributed by atoms with Gasteiger partial charge < -0.3 is 5.32 Å². The van der Waals surface area contributed by atoms with Crippen LogP contribution in [0.5, 0.6) is 0 Å². The highest BCUT2D eigenvalue weighted by Gasteiger charge is 2.15. The van der Waals surface area contributed by atoms with E-state index in [-0.39, 0.29) is 0 Å². The van der Waals surface area contributed by atoms with Crippen LogP contribution in [-0.2, 0) is 6.54 Å². The molecule has 2 aromatic heterocycles. The van der Waals surface area contributed by atoms with Crippen molar-refractivity contribution in [1.29, 1.82) is 0 Å². The van der Waals surface area contributed by atoms with Crippen LogP contribution >= 0.6 is 11.3 Å². The molecule has 2 heterocycles. The van der Waals surface area contributed by atoms with E-state index >= 15 is 0 Å². The number of rotatable bonds is 6. The second kappa shape index (κ2) is 6.50. The molecule has 110 valence electrons. The Bertz CT molecular complexity index is 587. The number of thiophene rings is 1. The lowest BCUT2D eigenvalue weighted by Crippen LogP contribution is -2.23. The lowest BCUT2D eigenvalue weighted by Gasteiger charge is -2.17. The van der Waals surface area contributed by atoms with E-state index < -0.39 is 0 Å². The molecular weight excluding hydrogens is 268 g/mol. The molecule has 0 saturated carbocycles. The van der Waals surface area contributed by atoms with Crippen LogP contribution in [-0.4, -0.2) is 34.5 Å². The quantitative estimate of drug-likeness (QED) is 0.883. The van der Waals surface area contributed by atoms with Crippen molar-refractivity contribution < 1.29 is 0 Å². The van der Waals surface area contributed by atoms with Crippen LogP contribution in [0, 0.1) is 13.8 Å². The Balaban J connectivity index is 2.47. The molecule has 0 fully saturated rings. The van der Waals surface area contributed by atoms with Crippen molar-refractivity contribution in [2.24, 2.45) is 0 Å². The highest BCUT2D eigenvalue weighted by Crippen LogP contribution is 2.33. The Morgan fingerprint density at radius 1 is 1.10 bits per heavy atom. The van der Waals surface area contributed by atoms with Crippen LogP contribution in [0.4, 0.5) is 5.82 Å². The molecule has 0 bridgehead atoms. The molecule has 0 aromatic carbocycles. The SMILES string of the molecule is CCNc1nc(CN(CC)CC)nc2sc(C)c(C)c12. The van der Waals surface area contributed by atoms with E-state index in [0.717, 1.165) is 42.7 Å². The summed E-state index contributed by atoms with van der Waals surface area (Å²) in [6, 6.07) is 0. The van der Waals surface area contributed by atoms with Gasteiger partial charge in [0, 0.05) is 11.4 Å². The summed E-state index contributed by atoms with van der Waals surface area (Å²) in [7, 11) is 0. The highest BCUT2D eigenvalue weighted by atomic mass is 32.1. The normalized spacial score (nSPS) is 11.5. The molecule has 0 saturated heterocycles. The van der Waals surface area contributed by atoms with Crippen molar-refractivity contribution in [2.75, 3.05) is 25.0 Å². The molecule has 2 rings (SSSR count). The summed E-state index contributed by atoms with van der Waals surface area (Å²) in [5.74, 6) is 1.90. The van der Waals surface area contributed by atoms with E-state index in [4.69, 9.17) is 9.97 Å². The third-order valence-corrected chi connectivity index (χ3v) is 4.78. The molecule has 2 aromatic rings. The van der Waals surface area contributed by atoms with Crippen molar-refractivity contribution in [3.63, 3.8) is 0 Å². The molecule has 0 unspecified atom stereocenters. The van der Waals surface area contributed by atoms with Gasteiger partial charge in [-0.25, -0.2) is 9.97 Å². The van der Waals surface area contributed by atoms with Gasteiger partial charge in [0.15, 0.2) is 0 Å². The Kier molecular flexibility index (Phi) is 4.94. The first-order valence-electron chi connectivity index (χ1n) is 7.33. The van der Waals surface area contributed by atoms with Gasteiger partial charge in [0.1, 0.15) is 16.5 Å². The summed E-state index contributed by atoms with van der Waals surface area (Å²) in [5, 5.41) is 4.58. The standard InChI is InChI=1S/C15H24N4S/c1-6-16-14-13-10(4)11(5)20-15(13)18-12(17-14)9-19(7-2)8-3/h6-9H2,1-5H3,(H,16,17,18). The van der Waals surface area contributed by atoms with Crippen LogP contribution in [0.25, 0.3) is 10.2 Å². The minimum Gasteiger partial charge on any atom is -0.370 e. The molecule has 0 aliphatic carbocycles. The van der Waals surface area contributed by atoms with Crippen LogP contribution < -0.4 is 5.32 Å². The molecule has 0 amide bonds. The van der Waals surface area contributed by atoms with Crippen LogP contribution in [0.15, 0.2) is 0 Å². The Hall–Kier alpha value is -1.20. The Labute approximate surface area is 125 Å². The van der Waals surface area contributed by atoms with E-state index in [0.29, 0.717) is 0 Å². The fraction of sp³-hybridized carbons (Fsp3) is 0.600. The number of fused-ring (bicyclic) bond motifs is 1. The molecule has 4 nitrogen and oxygen atoms in total. The zero-order chi connectivity index (χ0) is 14.7. The predicted octanol–water partition coefficient (Wildman–Crippen LogP) is 3.58. The van der Waals surface area contributed by atoms with Crippen molar-refractivity contribution >= 4 is 27.4 Å². The van der Waals surface area contributed by atoms with Gasteiger partial charge >= 0.3 is 0 Å². The largest absolute Gasteiger partial charge is 0.370 e. The van der Waals surface area contributed by atoms with Crippen molar-refractivity contribution in [3.05, 3.63) is 16.3 Å². The van der Waals surface area contributed by atoms with Gasteiger partial charge in [0.2, 0.25) is 0 Å². The van der Waals surface area contributed by atoms with Gasteiger partial charge in [0.25, 0.3) is 0 Å².